The SMILES string of the molecule is Cc1noc(CCNS(=O)(=O)c2cc(Cl)c(Br)s2)n1. The van der Waals surface area contributed by atoms with Gasteiger partial charge in [-0.3, -0.25) is 0 Å². The summed E-state index contributed by atoms with van der Waals surface area (Å²) in [6.07, 6.45) is 0.334. The van der Waals surface area contributed by atoms with Gasteiger partial charge in [-0.05, 0) is 28.9 Å². The zero-order valence-corrected chi connectivity index (χ0v) is 13.7. The molecule has 0 aliphatic rings. The molecule has 0 aliphatic heterocycles. The number of sulfonamides is 1. The second-order valence-corrected chi connectivity index (χ2v) is 8.34. The molecule has 2 rings (SSSR count). The second kappa shape index (κ2) is 5.88. The van der Waals surface area contributed by atoms with Crippen LogP contribution in [0.3, 0.4) is 0 Å². The number of thiophene rings is 1. The standard InChI is InChI=1S/C9H9BrClN3O3S2/c1-5-13-7(17-14-5)2-3-12-19(15,16)8-4-6(11)9(10)18-8/h4,12H,2-3H2,1H3. The van der Waals surface area contributed by atoms with Crippen LogP contribution in [0.1, 0.15) is 11.7 Å². The van der Waals surface area contributed by atoms with Gasteiger partial charge in [0.2, 0.25) is 15.9 Å². The number of rotatable bonds is 5. The Labute approximate surface area is 127 Å². The van der Waals surface area contributed by atoms with Gasteiger partial charge in [0.05, 0.1) is 8.81 Å². The maximum Gasteiger partial charge on any atom is 0.250 e. The van der Waals surface area contributed by atoms with Crippen LogP contribution in [0.5, 0.6) is 0 Å². The number of nitrogens with one attached hydrogen (secondary N) is 1. The number of nitrogens with zero attached hydrogens (tertiary/aromatic N) is 2. The lowest BCUT2D eigenvalue weighted by Gasteiger charge is -2.02. The van der Waals surface area contributed by atoms with E-state index in [1.807, 2.05) is 0 Å². The molecule has 2 heterocycles. The van der Waals surface area contributed by atoms with E-state index in [9.17, 15) is 8.42 Å². The van der Waals surface area contributed by atoms with E-state index in [4.69, 9.17) is 16.1 Å². The Morgan fingerprint density at radius 1 is 1.58 bits per heavy atom. The van der Waals surface area contributed by atoms with Gasteiger partial charge >= 0.3 is 0 Å². The predicted molar refractivity (Wildman–Crippen MR) is 75.0 cm³/mol. The fourth-order valence-corrected chi connectivity index (χ4v) is 4.74. The van der Waals surface area contributed by atoms with Gasteiger partial charge in [-0.15, -0.1) is 11.3 Å². The minimum absolute atomic E-state index is 0.158. The van der Waals surface area contributed by atoms with Gasteiger partial charge in [-0.2, -0.15) is 4.98 Å². The summed E-state index contributed by atoms with van der Waals surface area (Å²) in [7, 11) is -3.56. The van der Waals surface area contributed by atoms with Crippen LogP contribution in [0, 0.1) is 6.92 Å². The summed E-state index contributed by atoms with van der Waals surface area (Å²) >= 11 is 10.0. The Morgan fingerprint density at radius 3 is 2.84 bits per heavy atom. The normalized spacial score (nSPS) is 11.9. The Bertz CT molecular complexity index is 663. The Kier molecular flexibility index (Phi) is 4.62. The fourth-order valence-electron chi connectivity index (χ4n) is 1.26. The molecular formula is C9H9BrClN3O3S2. The first-order chi connectivity index (χ1) is 8.88. The van der Waals surface area contributed by atoms with Crippen molar-refractivity contribution in [2.45, 2.75) is 17.6 Å². The van der Waals surface area contributed by atoms with Crippen LogP contribution >= 0.6 is 38.9 Å². The van der Waals surface area contributed by atoms with E-state index in [-0.39, 0.29) is 10.8 Å². The first-order valence-electron chi connectivity index (χ1n) is 5.12. The van der Waals surface area contributed by atoms with Gasteiger partial charge < -0.3 is 4.52 Å². The molecule has 0 aliphatic carbocycles. The summed E-state index contributed by atoms with van der Waals surface area (Å²) in [6.45, 7) is 1.87. The lowest BCUT2D eigenvalue weighted by Crippen LogP contribution is -2.25. The molecule has 0 saturated carbocycles. The lowest BCUT2D eigenvalue weighted by molar-refractivity contribution is 0.375. The van der Waals surface area contributed by atoms with Gasteiger partial charge in [-0.1, -0.05) is 16.8 Å². The molecule has 0 bridgehead atoms. The first kappa shape index (κ1) is 14.9. The number of aryl methyl sites for hydroxylation is 1. The van der Waals surface area contributed by atoms with Crippen LogP contribution in [0.4, 0.5) is 0 Å². The van der Waals surface area contributed by atoms with Crippen molar-refractivity contribution < 1.29 is 12.9 Å². The van der Waals surface area contributed by atoms with Gasteiger partial charge in [0.25, 0.3) is 0 Å². The summed E-state index contributed by atoms with van der Waals surface area (Å²) in [4.78, 5) is 3.98. The monoisotopic (exact) mass is 385 g/mol. The van der Waals surface area contributed by atoms with Crippen molar-refractivity contribution in [3.8, 4) is 0 Å². The molecule has 0 radical (unpaired) electrons. The summed E-state index contributed by atoms with van der Waals surface area (Å²) in [5.74, 6) is 0.914. The number of halogens is 2. The third-order valence-electron chi connectivity index (χ3n) is 2.09. The van der Waals surface area contributed by atoms with Crippen molar-refractivity contribution in [1.29, 1.82) is 0 Å². The Morgan fingerprint density at radius 2 is 2.32 bits per heavy atom. The second-order valence-electron chi connectivity index (χ2n) is 3.57. The van der Waals surface area contributed by atoms with Crippen molar-refractivity contribution >= 4 is 48.9 Å². The van der Waals surface area contributed by atoms with E-state index in [2.05, 4.69) is 30.8 Å². The molecule has 0 spiro atoms. The highest BCUT2D eigenvalue weighted by atomic mass is 79.9. The van der Waals surface area contributed by atoms with Crippen LogP contribution in [-0.4, -0.2) is 25.1 Å². The summed E-state index contributed by atoms with van der Waals surface area (Å²) in [5.41, 5.74) is 0. The Balaban J connectivity index is 1.98. The van der Waals surface area contributed by atoms with Gasteiger partial charge in [-0.25, -0.2) is 13.1 Å². The molecule has 0 atom stereocenters. The zero-order valence-electron chi connectivity index (χ0n) is 9.68. The van der Waals surface area contributed by atoms with Crippen molar-refractivity contribution in [2.75, 3.05) is 6.54 Å². The van der Waals surface area contributed by atoms with Crippen molar-refractivity contribution in [3.63, 3.8) is 0 Å². The molecule has 1 N–H and O–H groups in total. The third kappa shape index (κ3) is 3.76. The molecule has 6 nitrogen and oxygen atoms in total. The number of hydrogen-bond acceptors (Lipinski definition) is 6. The maximum atomic E-state index is 11.9. The lowest BCUT2D eigenvalue weighted by atomic mass is 10.4. The molecular weight excluding hydrogens is 378 g/mol. The highest BCUT2D eigenvalue weighted by Gasteiger charge is 2.18. The summed E-state index contributed by atoms with van der Waals surface area (Å²) in [6, 6.07) is 1.40. The molecule has 2 aromatic rings. The van der Waals surface area contributed by atoms with Crippen LogP contribution < -0.4 is 4.72 Å². The highest BCUT2D eigenvalue weighted by Crippen LogP contribution is 2.34. The minimum atomic E-state index is -3.56. The summed E-state index contributed by atoms with van der Waals surface area (Å²) in [5, 5.41) is 3.99. The average Bonchev–Trinajstić information content (AvgIpc) is 2.87. The molecule has 10 heteroatoms. The molecule has 19 heavy (non-hydrogen) atoms. The van der Waals surface area contributed by atoms with Gasteiger partial charge in [0.1, 0.15) is 4.21 Å². The van der Waals surface area contributed by atoms with E-state index in [1.165, 1.54) is 6.07 Å². The number of hydrogen-bond donors (Lipinski definition) is 1. The molecule has 2 aromatic heterocycles. The molecule has 0 amide bonds. The fraction of sp³-hybridized carbons (Fsp3) is 0.333. The van der Waals surface area contributed by atoms with Crippen molar-refractivity contribution in [1.82, 2.24) is 14.9 Å². The Hall–Kier alpha value is -0.480. The van der Waals surface area contributed by atoms with Gasteiger partial charge in [0, 0.05) is 13.0 Å². The maximum absolute atomic E-state index is 11.9. The molecule has 0 aromatic carbocycles. The minimum Gasteiger partial charge on any atom is -0.339 e. The van der Waals surface area contributed by atoms with Crippen LogP contribution in [0.15, 0.2) is 18.6 Å². The van der Waals surface area contributed by atoms with Gasteiger partial charge in [0.15, 0.2) is 5.82 Å². The van der Waals surface area contributed by atoms with E-state index in [1.54, 1.807) is 6.92 Å². The number of aromatic nitrogens is 2. The van der Waals surface area contributed by atoms with Crippen LogP contribution in [0.25, 0.3) is 0 Å². The molecule has 0 unspecified atom stereocenters. The van der Waals surface area contributed by atoms with Crippen LogP contribution in [0.2, 0.25) is 5.02 Å². The zero-order chi connectivity index (χ0) is 14.0. The third-order valence-corrected chi connectivity index (χ3v) is 6.50. The average molecular weight is 387 g/mol. The molecule has 0 saturated heterocycles. The van der Waals surface area contributed by atoms with Crippen molar-refractivity contribution in [2.24, 2.45) is 0 Å². The topological polar surface area (TPSA) is 85.1 Å². The predicted octanol–water partition coefficient (Wildman–Crippen LogP) is 2.38. The van der Waals surface area contributed by atoms with E-state index in [0.29, 0.717) is 26.9 Å². The summed E-state index contributed by atoms with van der Waals surface area (Å²) < 4.78 is 32.0. The first-order valence-corrected chi connectivity index (χ1v) is 8.59. The molecule has 104 valence electrons. The quantitative estimate of drug-likeness (QED) is 0.852. The largest absolute Gasteiger partial charge is 0.339 e. The van der Waals surface area contributed by atoms with E-state index < -0.39 is 10.0 Å². The smallest absolute Gasteiger partial charge is 0.250 e. The van der Waals surface area contributed by atoms with Crippen LogP contribution in [-0.2, 0) is 16.4 Å². The van der Waals surface area contributed by atoms with E-state index >= 15 is 0 Å². The highest BCUT2D eigenvalue weighted by molar-refractivity contribution is 9.11. The molecule has 0 fully saturated rings. The van der Waals surface area contributed by atoms with Crippen molar-refractivity contribution in [3.05, 3.63) is 26.6 Å². The van der Waals surface area contributed by atoms with E-state index in [0.717, 1.165) is 11.3 Å².